The molecule has 2 heterocycles. The van der Waals surface area contributed by atoms with Crippen molar-refractivity contribution in [3.63, 3.8) is 0 Å². The fraction of sp³-hybridized carbons (Fsp3) is 0.571. The Morgan fingerprint density at radius 3 is 2.89 bits per heavy atom. The molecule has 28 heavy (non-hydrogen) atoms. The van der Waals surface area contributed by atoms with E-state index in [-0.39, 0.29) is 0 Å². The predicted molar refractivity (Wildman–Crippen MR) is 112 cm³/mol. The summed E-state index contributed by atoms with van der Waals surface area (Å²) in [7, 11) is 0. The molecular formula is C21H31N3O3S. The van der Waals surface area contributed by atoms with Crippen LogP contribution in [0.5, 0.6) is 5.75 Å². The summed E-state index contributed by atoms with van der Waals surface area (Å²) in [6, 6.07) is 8.05. The Hall–Kier alpha value is -1.51. The molecule has 0 amide bonds. The largest absolute Gasteiger partial charge is 0.491 e. The summed E-state index contributed by atoms with van der Waals surface area (Å²) in [5.41, 5.74) is 2.31. The summed E-state index contributed by atoms with van der Waals surface area (Å²) in [6.45, 7) is 10.0. The highest BCUT2D eigenvalue weighted by atomic mass is 32.1. The van der Waals surface area contributed by atoms with Gasteiger partial charge < -0.3 is 19.9 Å². The zero-order chi connectivity index (χ0) is 19.8. The molecule has 0 spiro atoms. The minimum atomic E-state index is -0.495. The second kappa shape index (κ2) is 10.9. The highest BCUT2D eigenvalue weighted by Crippen LogP contribution is 2.17. The number of thiazole rings is 1. The van der Waals surface area contributed by atoms with Gasteiger partial charge in [-0.3, -0.25) is 4.90 Å². The molecular weight excluding hydrogens is 374 g/mol. The number of β-amino-alcohol motifs (C(OH)–C–C–N with tert-alkyl or cyclic N) is 1. The van der Waals surface area contributed by atoms with Crippen molar-refractivity contribution in [3.05, 3.63) is 45.4 Å². The number of hydrogen-bond acceptors (Lipinski definition) is 7. The number of aliphatic hydroxyl groups is 1. The van der Waals surface area contributed by atoms with Gasteiger partial charge in [-0.15, -0.1) is 11.3 Å². The standard InChI is InChI=1S/C21H31N3O3S/c1-16-17(2)28-21(23-16)6-7-22-13-18-4-3-5-20(12-18)27-15-19(25)14-24-8-10-26-11-9-24/h3-5,12,19,22,25H,6-11,13-15H2,1-2H3/t19-/m1/s1. The van der Waals surface area contributed by atoms with Gasteiger partial charge in [0.15, 0.2) is 0 Å². The van der Waals surface area contributed by atoms with Crippen LogP contribution in [0.1, 0.15) is 21.1 Å². The van der Waals surface area contributed by atoms with E-state index in [1.165, 1.54) is 15.4 Å². The molecule has 7 heteroatoms. The molecule has 1 aliphatic rings. The van der Waals surface area contributed by atoms with Crippen LogP contribution in [-0.4, -0.2) is 67.1 Å². The number of hydrogen-bond donors (Lipinski definition) is 2. The molecule has 154 valence electrons. The molecule has 1 aliphatic heterocycles. The van der Waals surface area contributed by atoms with Gasteiger partial charge in [0, 0.05) is 44.0 Å². The smallest absolute Gasteiger partial charge is 0.119 e. The molecule has 0 unspecified atom stereocenters. The summed E-state index contributed by atoms with van der Waals surface area (Å²) in [4.78, 5) is 8.09. The Kier molecular flexibility index (Phi) is 8.24. The van der Waals surface area contributed by atoms with Gasteiger partial charge in [-0.05, 0) is 31.5 Å². The first-order valence-electron chi connectivity index (χ1n) is 9.93. The minimum absolute atomic E-state index is 0.303. The van der Waals surface area contributed by atoms with Crippen LogP contribution in [0.15, 0.2) is 24.3 Å². The minimum Gasteiger partial charge on any atom is -0.491 e. The number of morpholine rings is 1. The van der Waals surface area contributed by atoms with E-state index in [1.54, 1.807) is 11.3 Å². The first-order valence-corrected chi connectivity index (χ1v) is 10.8. The first kappa shape index (κ1) is 21.2. The molecule has 6 nitrogen and oxygen atoms in total. The summed E-state index contributed by atoms with van der Waals surface area (Å²) < 4.78 is 11.1. The molecule has 1 aromatic carbocycles. The van der Waals surface area contributed by atoms with Crippen molar-refractivity contribution < 1.29 is 14.6 Å². The van der Waals surface area contributed by atoms with E-state index in [1.807, 2.05) is 18.2 Å². The Labute approximate surface area is 171 Å². The lowest BCUT2D eigenvalue weighted by Gasteiger charge is -2.28. The molecule has 0 aliphatic carbocycles. The summed E-state index contributed by atoms with van der Waals surface area (Å²) >= 11 is 1.78. The van der Waals surface area contributed by atoms with E-state index in [9.17, 15) is 5.11 Å². The van der Waals surface area contributed by atoms with Gasteiger partial charge in [-0.2, -0.15) is 0 Å². The van der Waals surface area contributed by atoms with Crippen molar-refractivity contribution in [2.24, 2.45) is 0 Å². The van der Waals surface area contributed by atoms with E-state index in [0.717, 1.165) is 57.3 Å². The monoisotopic (exact) mass is 405 g/mol. The normalized spacial score (nSPS) is 16.2. The number of nitrogens with zero attached hydrogens (tertiary/aromatic N) is 2. The van der Waals surface area contributed by atoms with E-state index in [0.29, 0.717) is 13.2 Å². The maximum Gasteiger partial charge on any atom is 0.119 e. The second-order valence-corrected chi connectivity index (χ2v) is 8.49. The fourth-order valence-corrected chi connectivity index (χ4v) is 4.08. The fourth-order valence-electron chi connectivity index (χ4n) is 3.15. The SMILES string of the molecule is Cc1nc(CCNCc2cccc(OC[C@H](O)CN3CCOCC3)c2)sc1C. The van der Waals surface area contributed by atoms with Gasteiger partial charge >= 0.3 is 0 Å². The third-order valence-corrected chi connectivity index (χ3v) is 5.96. The van der Waals surface area contributed by atoms with Crippen LogP contribution in [0.2, 0.25) is 0 Å². The van der Waals surface area contributed by atoms with E-state index in [4.69, 9.17) is 9.47 Å². The van der Waals surface area contributed by atoms with Gasteiger partial charge in [-0.25, -0.2) is 4.98 Å². The molecule has 1 fully saturated rings. The molecule has 0 radical (unpaired) electrons. The summed E-state index contributed by atoms with van der Waals surface area (Å²) in [6.07, 6.45) is 0.452. The zero-order valence-electron chi connectivity index (χ0n) is 16.8. The third kappa shape index (κ3) is 6.83. The molecule has 2 aromatic rings. The van der Waals surface area contributed by atoms with Crippen molar-refractivity contribution in [2.45, 2.75) is 32.9 Å². The lowest BCUT2D eigenvalue weighted by atomic mass is 10.2. The van der Waals surface area contributed by atoms with Gasteiger partial charge in [0.05, 0.1) is 23.9 Å². The van der Waals surface area contributed by atoms with Crippen LogP contribution < -0.4 is 10.1 Å². The Morgan fingerprint density at radius 1 is 1.32 bits per heavy atom. The van der Waals surface area contributed by atoms with E-state index in [2.05, 4.69) is 35.1 Å². The van der Waals surface area contributed by atoms with Gasteiger partial charge in [0.25, 0.3) is 0 Å². The van der Waals surface area contributed by atoms with Gasteiger partial charge in [-0.1, -0.05) is 12.1 Å². The zero-order valence-corrected chi connectivity index (χ0v) is 17.6. The Bertz CT molecular complexity index is 712. The first-order chi connectivity index (χ1) is 13.6. The van der Waals surface area contributed by atoms with Crippen LogP contribution in [-0.2, 0) is 17.7 Å². The van der Waals surface area contributed by atoms with E-state index < -0.39 is 6.10 Å². The molecule has 1 saturated heterocycles. The average molecular weight is 406 g/mol. The molecule has 0 bridgehead atoms. The molecule has 0 saturated carbocycles. The Morgan fingerprint density at radius 2 is 2.14 bits per heavy atom. The topological polar surface area (TPSA) is 66.9 Å². The predicted octanol–water partition coefficient (Wildman–Crippen LogP) is 2.16. The van der Waals surface area contributed by atoms with Crippen molar-refractivity contribution in [2.75, 3.05) is 46.0 Å². The number of ether oxygens (including phenoxy) is 2. The number of rotatable bonds is 10. The van der Waals surface area contributed by atoms with Crippen molar-refractivity contribution in [3.8, 4) is 5.75 Å². The molecule has 2 N–H and O–H groups in total. The van der Waals surface area contributed by atoms with Crippen LogP contribution in [0.4, 0.5) is 0 Å². The summed E-state index contributed by atoms with van der Waals surface area (Å²) in [5.74, 6) is 0.798. The number of aliphatic hydroxyl groups excluding tert-OH is 1. The maximum absolute atomic E-state index is 10.2. The molecule has 3 rings (SSSR count). The highest BCUT2D eigenvalue weighted by Gasteiger charge is 2.15. The summed E-state index contributed by atoms with van der Waals surface area (Å²) in [5, 5.41) is 14.9. The second-order valence-electron chi connectivity index (χ2n) is 7.20. The third-order valence-electron chi connectivity index (χ3n) is 4.83. The number of benzene rings is 1. The Balaban J connectivity index is 1.37. The van der Waals surface area contributed by atoms with Gasteiger partial charge in [0.2, 0.25) is 0 Å². The number of aromatic nitrogens is 1. The number of nitrogens with one attached hydrogen (secondary N) is 1. The van der Waals surface area contributed by atoms with Crippen LogP contribution >= 0.6 is 11.3 Å². The van der Waals surface area contributed by atoms with Crippen molar-refractivity contribution in [1.82, 2.24) is 15.2 Å². The van der Waals surface area contributed by atoms with E-state index >= 15 is 0 Å². The molecule has 1 atom stereocenters. The van der Waals surface area contributed by atoms with Crippen LogP contribution in [0.25, 0.3) is 0 Å². The average Bonchev–Trinajstić information content (AvgIpc) is 3.02. The maximum atomic E-state index is 10.2. The lowest BCUT2D eigenvalue weighted by molar-refractivity contribution is 0.00465. The highest BCUT2D eigenvalue weighted by molar-refractivity contribution is 7.11. The van der Waals surface area contributed by atoms with Crippen molar-refractivity contribution in [1.29, 1.82) is 0 Å². The number of aryl methyl sites for hydroxylation is 2. The van der Waals surface area contributed by atoms with Crippen LogP contribution in [0, 0.1) is 13.8 Å². The van der Waals surface area contributed by atoms with Gasteiger partial charge in [0.1, 0.15) is 18.5 Å². The quantitative estimate of drug-likeness (QED) is 0.591. The van der Waals surface area contributed by atoms with Crippen molar-refractivity contribution >= 4 is 11.3 Å². The molecule has 1 aromatic heterocycles. The lowest BCUT2D eigenvalue weighted by Crippen LogP contribution is -2.42. The van der Waals surface area contributed by atoms with Crippen LogP contribution in [0.3, 0.4) is 0 Å².